The first-order chi connectivity index (χ1) is 14.9. The van der Waals surface area contributed by atoms with Crippen molar-refractivity contribution in [2.75, 3.05) is 0 Å². The van der Waals surface area contributed by atoms with E-state index >= 15 is 0 Å². The summed E-state index contributed by atoms with van der Waals surface area (Å²) in [6.45, 7) is 9.43. The zero-order valence-electron chi connectivity index (χ0n) is 20.8. The average Bonchev–Trinajstić information content (AvgIpc) is 2.70. The SMILES string of the molecule is CCC(C)O[Si](OC(C)CC)(C12CC3CC(CC(C3)C1)C2)C12CC3CC(CC(C3)C1)C2. The molecule has 0 aliphatic heterocycles. The van der Waals surface area contributed by atoms with Crippen LogP contribution in [0.4, 0.5) is 0 Å². The summed E-state index contributed by atoms with van der Waals surface area (Å²) in [5.41, 5.74) is 0. The third kappa shape index (κ3) is 3.22. The quantitative estimate of drug-likeness (QED) is 0.353. The van der Waals surface area contributed by atoms with Gasteiger partial charge in [0.2, 0.25) is 0 Å². The van der Waals surface area contributed by atoms with Crippen LogP contribution in [0.3, 0.4) is 0 Å². The molecule has 8 aliphatic carbocycles. The lowest BCUT2D eigenvalue weighted by Gasteiger charge is -2.70. The largest absolute Gasteiger partial charge is 0.391 e. The van der Waals surface area contributed by atoms with Gasteiger partial charge in [0.15, 0.2) is 0 Å². The van der Waals surface area contributed by atoms with Gasteiger partial charge in [-0.15, -0.1) is 0 Å². The first-order valence-electron chi connectivity index (χ1n) is 14.2. The minimum atomic E-state index is -2.47. The van der Waals surface area contributed by atoms with Crippen LogP contribution in [0, 0.1) is 35.5 Å². The molecule has 0 amide bonds. The Hall–Kier alpha value is 0.137. The maximum Gasteiger partial charge on any atom is 0.351 e. The molecule has 0 saturated heterocycles. The van der Waals surface area contributed by atoms with Crippen molar-refractivity contribution < 1.29 is 8.85 Å². The zero-order valence-corrected chi connectivity index (χ0v) is 21.8. The zero-order chi connectivity index (χ0) is 21.4. The van der Waals surface area contributed by atoms with Crippen LogP contribution in [0.25, 0.3) is 0 Å². The van der Waals surface area contributed by atoms with Gasteiger partial charge in [0.25, 0.3) is 0 Å². The molecule has 0 spiro atoms. The van der Waals surface area contributed by atoms with Gasteiger partial charge >= 0.3 is 8.56 Å². The van der Waals surface area contributed by atoms with E-state index in [0.717, 1.165) is 48.3 Å². The molecule has 0 aromatic rings. The molecule has 8 fully saturated rings. The van der Waals surface area contributed by atoms with Crippen molar-refractivity contribution >= 4 is 8.56 Å². The van der Waals surface area contributed by atoms with E-state index in [1.54, 1.807) is 0 Å². The number of hydrogen-bond donors (Lipinski definition) is 0. The van der Waals surface area contributed by atoms with E-state index in [9.17, 15) is 0 Å². The van der Waals surface area contributed by atoms with E-state index in [0.29, 0.717) is 22.3 Å². The van der Waals surface area contributed by atoms with E-state index in [-0.39, 0.29) is 0 Å². The normalized spacial score (nSPS) is 51.1. The van der Waals surface area contributed by atoms with E-state index in [1.807, 2.05) is 0 Å². The first-order valence-corrected chi connectivity index (χ1v) is 16.1. The minimum absolute atomic E-state index is 0.358. The summed E-state index contributed by atoms with van der Waals surface area (Å²) >= 11 is 0. The fourth-order valence-electron chi connectivity index (χ4n) is 10.9. The summed E-state index contributed by atoms with van der Waals surface area (Å²) in [6, 6.07) is 0. The topological polar surface area (TPSA) is 18.5 Å². The van der Waals surface area contributed by atoms with E-state index in [1.165, 1.54) is 77.0 Å². The van der Waals surface area contributed by atoms with Gasteiger partial charge < -0.3 is 8.85 Å². The summed E-state index contributed by atoms with van der Waals surface area (Å²) in [4.78, 5) is 0. The van der Waals surface area contributed by atoms with Gasteiger partial charge in [-0.25, -0.2) is 0 Å². The Balaban J connectivity index is 1.50. The second kappa shape index (κ2) is 7.57. The van der Waals surface area contributed by atoms with Gasteiger partial charge in [0.1, 0.15) is 0 Å². The highest BCUT2D eigenvalue weighted by atomic mass is 28.4. The van der Waals surface area contributed by atoms with Gasteiger partial charge in [-0.2, -0.15) is 0 Å². The van der Waals surface area contributed by atoms with Crippen LogP contribution in [0.1, 0.15) is 118 Å². The minimum Gasteiger partial charge on any atom is -0.391 e. The Morgan fingerprint density at radius 2 is 0.839 bits per heavy atom. The lowest BCUT2D eigenvalue weighted by molar-refractivity contribution is -0.0611. The third-order valence-corrected chi connectivity index (χ3v) is 16.8. The van der Waals surface area contributed by atoms with E-state index in [4.69, 9.17) is 8.85 Å². The molecule has 2 unspecified atom stereocenters. The molecular formula is C28H48O2Si. The smallest absolute Gasteiger partial charge is 0.351 e. The Kier molecular flexibility index (Phi) is 5.29. The van der Waals surface area contributed by atoms with Gasteiger partial charge in [0.05, 0.1) is 0 Å². The predicted molar refractivity (Wildman–Crippen MR) is 129 cm³/mol. The predicted octanol–water partition coefficient (Wildman–Crippen LogP) is 8.00. The summed E-state index contributed by atoms with van der Waals surface area (Å²) < 4.78 is 15.3. The van der Waals surface area contributed by atoms with Gasteiger partial charge in [-0.3, -0.25) is 0 Å². The van der Waals surface area contributed by atoms with Crippen LogP contribution in [-0.4, -0.2) is 20.8 Å². The van der Waals surface area contributed by atoms with Crippen molar-refractivity contribution in [1.82, 2.24) is 0 Å². The molecule has 8 rings (SSSR count). The van der Waals surface area contributed by atoms with Crippen molar-refractivity contribution in [3.63, 3.8) is 0 Å². The highest BCUT2D eigenvalue weighted by Gasteiger charge is 2.75. The maximum absolute atomic E-state index is 7.65. The first kappa shape index (κ1) is 21.7. The van der Waals surface area contributed by atoms with Crippen LogP contribution in [-0.2, 0) is 8.85 Å². The fourth-order valence-corrected chi connectivity index (χ4v) is 17.8. The number of hydrogen-bond acceptors (Lipinski definition) is 2. The second-order valence-electron chi connectivity index (χ2n) is 13.7. The van der Waals surface area contributed by atoms with Gasteiger partial charge in [0, 0.05) is 22.3 Å². The molecule has 0 aromatic carbocycles. The molecule has 3 heteroatoms. The average molecular weight is 445 g/mol. The Labute approximate surface area is 192 Å². The molecule has 0 heterocycles. The van der Waals surface area contributed by atoms with E-state index < -0.39 is 8.56 Å². The van der Waals surface area contributed by atoms with Gasteiger partial charge in [-0.1, -0.05) is 13.8 Å². The van der Waals surface area contributed by atoms with Gasteiger partial charge in [-0.05, 0) is 139 Å². The summed E-state index contributed by atoms with van der Waals surface area (Å²) in [5, 5.41) is 0.834. The van der Waals surface area contributed by atoms with Crippen molar-refractivity contribution in [1.29, 1.82) is 0 Å². The van der Waals surface area contributed by atoms with Crippen LogP contribution in [0.2, 0.25) is 10.1 Å². The monoisotopic (exact) mass is 444 g/mol. The third-order valence-electron chi connectivity index (χ3n) is 11.4. The summed E-state index contributed by atoms with van der Waals surface area (Å²) in [6.07, 6.45) is 20.9. The van der Waals surface area contributed by atoms with E-state index in [2.05, 4.69) is 27.7 Å². The molecule has 31 heavy (non-hydrogen) atoms. The highest BCUT2D eigenvalue weighted by molar-refractivity contribution is 6.74. The fraction of sp³-hybridized carbons (Fsp3) is 1.00. The molecule has 8 aliphatic rings. The molecular weight excluding hydrogens is 396 g/mol. The molecule has 176 valence electrons. The summed E-state index contributed by atoms with van der Waals surface area (Å²) in [5.74, 6) is 5.88. The van der Waals surface area contributed by atoms with Crippen molar-refractivity contribution in [2.24, 2.45) is 35.5 Å². The molecule has 0 radical (unpaired) electrons. The lowest BCUT2D eigenvalue weighted by atomic mass is 9.55. The summed E-state index contributed by atoms with van der Waals surface area (Å²) in [7, 11) is -2.47. The van der Waals surface area contributed by atoms with Crippen LogP contribution < -0.4 is 0 Å². The molecule has 2 atom stereocenters. The maximum atomic E-state index is 7.65. The molecule has 2 nitrogen and oxygen atoms in total. The van der Waals surface area contributed by atoms with Crippen LogP contribution in [0.5, 0.6) is 0 Å². The molecule has 8 bridgehead atoms. The molecule has 8 saturated carbocycles. The molecule has 0 aromatic heterocycles. The Bertz CT molecular complexity index is 558. The lowest BCUT2D eigenvalue weighted by Crippen LogP contribution is -2.70. The standard InChI is InChI=1S/C28H48O2Si/c1-5-19(3)29-31(30-20(4)6-2,27-13-21-7-22(14-27)9-23(8-21)15-27)28-16-24-10-25(17-28)12-26(11-24)18-28/h19-26H,5-18H2,1-4H3. The van der Waals surface area contributed by atoms with Crippen molar-refractivity contribution in [2.45, 2.75) is 140 Å². The van der Waals surface area contributed by atoms with Crippen LogP contribution >= 0.6 is 0 Å². The Morgan fingerprint density at radius 1 is 0.581 bits per heavy atom. The van der Waals surface area contributed by atoms with Crippen LogP contribution in [0.15, 0.2) is 0 Å². The number of rotatable bonds is 8. The van der Waals surface area contributed by atoms with Crippen molar-refractivity contribution in [3.8, 4) is 0 Å². The van der Waals surface area contributed by atoms with Crippen molar-refractivity contribution in [3.05, 3.63) is 0 Å². The second-order valence-corrected chi connectivity index (χ2v) is 17.5. The molecule has 0 N–H and O–H groups in total. The Morgan fingerprint density at radius 3 is 1.06 bits per heavy atom. The highest BCUT2D eigenvalue weighted by Crippen LogP contribution is 2.78.